The highest BCUT2D eigenvalue weighted by molar-refractivity contribution is 5.79. The van der Waals surface area contributed by atoms with Crippen LogP contribution in [0.25, 0.3) is 0 Å². The van der Waals surface area contributed by atoms with Crippen molar-refractivity contribution in [2.75, 3.05) is 32.7 Å². The van der Waals surface area contributed by atoms with E-state index in [1.165, 1.54) is 4.90 Å². The number of alkyl halides is 3. The molecule has 3 rings (SSSR count). The summed E-state index contributed by atoms with van der Waals surface area (Å²) in [5, 5.41) is 13.5. The Hall–Kier alpha value is -3.04. The number of carbonyl (C=O) groups excluding carboxylic acids is 4. The van der Waals surface area contributed by atoms with Gasteiger partial charge in [0.1, 0.15) is 6.04 Å². The van der Waals surface area contributed by atoms with E-state index in [0.29, 0.717) is 37.2 Å². The lowest BCUT2D eigenvalue weighted by Gasteiger charge is -2.26. The molecule has 1 saturated carbocycles. The van der Waals surface area contributed by atoms with Crippen molar-refractivity contribution in [1.82, 2.24) is 20.4 Å². The maximum atomic E-state index is 12.0. The number of fused-ring (bicyclic) bond motifs is 1. The minimum Gasteiger partial charge on any atom is -0.362 e. The molecule has 0 radical (unpaired) electrons. The lowest BCUT2D eigenvalue weighted by molar-refractivity contribution is -0.169. The fourth-order valence-electron chi connectivity index (χ4n) is 4.02. The number of hydrogen-bond acceptors (Lipinski definition) is 5. The third-order valence-electron chi connectivity index (χ3n) is 6.21. The van der Waals surface area contributed by atoms with Crippen LogP contribution < -0.4 is 16.4 Å². The van der Waals surface area contributed by atoms with Gasteiger partial charge in [-0.3, -0.25) is 14.4 Å². The van der Waals surface area contributed by atoms with Crippen molar-refractivity contribution in [3.05, 3.63) is 0 Å². The molecule has 1 unspecified atom stereocenters. The lowest BCUT2D eigenvalue weighted by Crippen LogP contribution is -2.41. The zero-order valence-electron chi connectivity index (χ0n) is 20.7. The molecular weight excluding hydrogens is 469 g/mol. The fraction of sp³-hybridized carbons (Fsp3) is 0.773. The average Bonchev–Trinajstić information content (AvgIpc) is 3.12. The Balaban J connectivity index is 0.000000281. The first-order chi connectivity index (χ1) is 15.9. The first-order valence-corrected chi connectivity index (χ1v) is 11.2. The number of primary amides is 1. The molecule has 2 aliphatic heterocycles. The molecule has 5 amide bonds. The predicted molar refractivity (Wildman–Crippen MR) is 120 cm³/mol. The number of piperidine rings is 1. The van der Waals surface area contributed by atoms with E-state index < -0.39 is 18.1 Å². The summed E-state index contributed by atoms with van der Waals surface area (Å²) in [6.45, 7) is 14.5. The fourth-order valence-corrected chi connectivity index (χ4v) is 4.02. The standard InChI is InChI=1S/C13H23NO.C7H10N4O2.C2H2F3NO/c1-12(2,3)6-11(15)14-7-9-10(8-14)13(9,4)5;8-3-6(10-5-12)4-11-2-1-9-7(11)13;3-2(4,5)1(6)7/h9-10H,6-8H2,1-5H3;5-6H,1-2,4H2,(H,9,13)(H,10,12);(H2,6,7)/t9-,10?;6-;/m01./s1. The molecule has 0 aromatic heterocycles. The van der Waals surface area contributed by atoms with Gasteiger partial charge in [0.25, 0.3) is 0 Å². The Morgan fingerprint density at radius 2 is 1.80 bits per heavy atom. The number of halogens is 3. The molecule has 4 N–H and O–H groups in total. The number of urea groups is 1. The number of likely N-dealkylation sites (tertiary alicyclic amines) is 1. The number of carbonyl (C=O) groups is 4. The van der Waals surface area contributed by atoms with Gasteiger partial charge in [-0.15, -0.1) is 0 Å². The summed E-state index contributed by atoms with van der Waals surface area (Å²) in [7, 11) is 0. The van der Waals surface area contributed by atoms with Gasteiger partial charge in [-0.2, -0.15) is 18.4 Å². The Morgan fingerprint density at radius 1 is 1.29 bits per heavy atom. The SMILES string of the molecule is CC(C)(C)CC(=O)N1CC2[C@H](C1)C2(C)C.N#C[C@H](CN1CCNC1=O)NC=O.NC(=O)C(F)(F)F. The van der Waals surface area contributed by atoms with Crippen LogP contribution in [0.3, 0.4) is 0 Å². The zero-order valence-corrected chi connectivity index (χ0v) is 20.7. The van der Waals surface area contributed by atoms with Gasteiger partial charge in [-0.25, -0.2) is 4.79 Å². The molecule has 10 nitrogen and oxygen atoms in total. The smallest absolute Gasteiger partial charge is 0.362 e. The van der Waals surface area contributed by atoms with E-state index in [2.05, 4.69) is 55.9 Å². The molecule has 0 bridgehead atoms. The van der Waals surface area contributed by atoms with Crippen LogP contribution in [0.2, 0.25) is 0 Å². The van der Waals surface area contributed by atoms with Gasteiger partial charge in [-0.05, 0) is 22.7 Å². The van der Waals surface area contributed by atoms with E-state index in [1.807, 2.05) is 6.07 Å². The van der Waals surface area contributed by atoms with Gasteiger partial charge in [0.05, 0.1) is 12.6 Å². The van der Waals surface area contributed by atoms with Crippen molar-refractivity contribution in [3.63, 3.8) is 0 Å². The van der Waals surface area contributed by atoms with Crippen molar-refractivity contribution >= 4 is 24.3 Å². The molecular formula is C22H35F3N6O4. The van der Waals surface area contributed by atoms with E-state index in [9.17, 15) is 27.6 Å². The van der Waals surface area contributed by atoms with Gasteiger partial charge in [-0.1, -0.05) is 34.6 Å². The van der Waals surface area contributed by atoms with Crippen LogP contribution in [0.1, 0.15) is 41.0 Å². The average molecular weight is 505 g/mol. The number of nitriles is 1. The second-order valence-corrected chi connectivity index (χ2v) is 10.6. The summed E-state index contributed by atoms with van der Waals surface area (Å²) in [5.41, 5.74) is 4.44. The number of nitrogens with one attached hydrogen (secondary N) is 2. The third kappa shape index (κ3) is 9.26. The molecule has 3 aliphatic rings. The van der Waals surface area contributed by atoms with E-state index in [0.717, 1.165) is 24.9 Å². The van der Waals surface area contributed by atoms with Crippen molar-refractivity contribution in [2.45, 2.75) is 53.3 Å². The predicted octanol–water partition coefficient (Wildman–Crippen LogP) is 1.22. The molecule has 3 atom stereocenters. The van der Waals surface area contributed by atoms with Gasteiger partial charge >= 0.3 is 18.1 Å². The maximum Gasteiger partial charge on any atom is 0.470 e. The first kappa shape index (κ1) is 30.0. The van der Waals surface area contributed by atoms with Crippen LogP contribution in [-0.4, -0.2) is 79.0 Å². The third-order valence-corrected chi connectivity index (χ3v) is 6.21. The normalized spacial score (nSPS) is 22.8. The summed E-state index contributed by atoms with van der Waals surface area (Å²) >= 11 is 0. The Kier molecular flexibility index (Phi) is 9.93. The summed E-state index contributed by atoms with van der Waals surface area (Å²) in [6.07, 6.45) is -3.71. The Bertz CT molecular complexity index is 821. The van der Waals surface area contributed by atoms with Crippen LogP contribution in [0, 0.1) is 34.0 Å². The van der Waals surface area contributed by atoms with E-state index in [1.54, 1.807) is 0 Å². The van der Waals surface area contributed by atoms with Crippen molar-refractivity contribution in [2.24, 2.45) is 28.4 Å². The minimum atomic E-state index is -4.86. The highest BCUT2D eigenvalue weighted by Gasteiger charge is 2.62. The maximum absolute atomic E-state index is 12.0. The van der Waals surface area contributed by atoms with Crippen LogP contribution >= 0.6 is 0 Å². The van der Waals surface area contributed by atoms with Crippen molar-refractivity contribution in [1.29, 1.82) is 5.26 Å². The molecule has 1 aliphatic carbocycles. The number of nitrogens with two attached hydrogens (primary N) is 1. The summed E-state index contributed by atoms with van der Waals surface area (Å²) < 4.78 is 32.1. The van der Waals surface area contributed by atoms with E-state index in [4.69, 9.17) is 10.1 Å². The second-order valence-electron chi connectivity index (χ2n) is 10.6. The molecule has 3 fully saturated rings. The van der Waals surface area contributed by atoms with Gasteiger partial charge < -0.3 is 26.2 Å². The molecule has 13 heteroatoms. The number of amides is 5. The van der Waals surface area contributed by atoms with E-state index >= 15 is 0 Å². The summed E-state index contributed by atoms with van der Waals surface area (Å²) in [6, 6.07) is 1.08. The van der Waals surface area contributed by atoms with Gasteiger partial charge in [0.15, 0.2) is 0 Å². The summed E-state index contributed by atoms with van der Waals surface area (Å²) in [4.78, 5) is 45.7. The quantitative estimate of drug-likeness (QED) is 0.482. The number of rotatable bonds is 5. The highest BCUT2D eigenvalue weighted by atomic mass is 19.4. The van der Waals surface area contributed by atoms with Gasteiger partial charge in [0, 0.05) is 32.6 Å². The zero-order chi connectivity index (χ0) is 27.2. The molecule has 0 aromatic rings. The highest BCUT2D eigenvalue weighted by Crippen LogP contribution is 2.62. The molecule has 0 aromatic carbocycles. The lowest BCUT2D eigenvalue weighted by atomic mass is 9.91. The Morgan fingerprint density at radius 3 is 2.14 bits per heavy atom. The van der Waals surface area contributed by atoms with Crippen LogP contribution in [-0.2, 0) is 14.4 Å². The van der Waals surface area contributed by atoms with E-state index in [-0.39, 0.29) is 18.0 Å². The molecule has 2 heterocycles. The van der Waals surface area contributed by atoms with Gasteiger partial charge in [0.2, 0.25) is 12.3 Å². The monoisotopic (exact) mass is 504 g/mol. The second kappa shape index (κ2) is 11.6. The Labute approximate surface area is 203 Å². The van der Waals surface area contributed by atoms with Crippen LogP contribution in [0.4, 0.5) is 18.0 Å². The molecule has 198 valence electrons. The topological polar surface area (TPSA) is 149 Å². The summed E-state index contributed by atoms with van der Waals surface area (Å²) in [5.74, 6) is -0.346. The largest absolute Gasteiger partial charge is 0.470 e. The number of nitrogens with zero attached hydrogens (tertiary/aromatic N) is 3. The first-order valence-electron chi connectivity index (χ1n) is 11.2. The molecule has 35 heavy (non-hydrogen) atoms. The number of hydrogen-bond donors (Lipinski definition) is 3. The molecule has 2 saturated heterocycles. The minimum absolute atomic E-state index is 0.124. The van der Waals surface area contributed by atoms with Crippen molar-refractivity contribution in [3.8, 4) is 6.07 Å². The van der Waals surface area contributed by atoms with Crippen molar-refractivity contribution < 1.29 is 32.3 Å². The molecule has 0 spiro atoms. The van der Waals surface area contributed by atoms with Crippen LogP contribution in [0.5, 0.6) is 0 Å². The van der Waals surface area contributed by atoms with Crippen LogP contribution in [0.15, 0.2) is 0 Å².